The maximum atomic E-state index is 12.5. The van der Waals surface area contributed by atoms with Crippen LogP contribution < -0.4 is 15.2 Å². The molecular formula is C21H22N2O4. The molecule has 0 N–H and O–H groups in total. The van der Waals surface area contributed by atoms with Gasteiger partial charge in [-0.25, -0.2) is 4.79 Å². The predicted molar refractivity (Wildman–Crippen MR) is 100 cm³/mol. The van der Waals surface area contributed by atoms with Gasteiger partial charge in [0, 0.05) is 18.2 Å². The highest BCUT2D eigenvalue weighted by Crippen LogP contribution is 2.48. The number of hydrogen-bond donors (Lipinski definition) is 0. The molecule has 27 heavy (non-hydrogen) atoms. The lowest BCUT2D eigenvalue weighted by Crippen LogP contribution is -2.42. The number of rotatable bonds is 6. The standard InChI is InChI=1S/C21H22N2O4/c1-2-7-25-16-3-4-17-15(8-16)5-6-23-18(17)9-19(22-20(23)24)26-13-21-10-14(11-21)12-27-21/h2-4,8-9,14H,1,5-7,10-13H2. The molecule has 3 fully saturated rings. The van der Waals surface area contributed by atoms with Gasteiger partial charge in [-0.15, -0.1) is 0 Å². The Bertz CT molecular complexity index is 954. The molecule has 2 bridgehead atoms. The molecule has 1 saturated carbocycles. The molecular weight excluding hydrogens is 344 g/mol. The van der Waals surface area contributed by atoms with E-state index in [0.717, 1.165) is 48.4 Å². The monoisotopic (exact) mass is 366 g/mol. The van der Waals surface area contributed by atoms with E-state index in [1.807, 2.05) is 24.3 Å². The van der Waals surface area contributed by atoms with Crippen molar-refractivity contribution >= 4 is 0 Å². The first-order chi connectivity index (χ1) is 13.2. The van der Waals surface area contributed by atoms with Gasteiger partial charge < -0.3 is 14.2 Å². The molecule has 1 aromatic carbocycles. The van der Waals surface area contributed by atoms with Crippen LogP contribution in [0.1, 0.15) is 18.4 Å². The summed E-state index contributed by atoms with van der Waals surface area (Å²) < 4.78 is 19.0. The molecule has 0 radical (unpaired) electrons. The summed E-state index contributed by atoms with van der Waals surface area (Å²) in [6.45, 7) is 6.04. The summed E-state index contributed by atoms with van der Waals surface area (Å²) in [5.74, 6) is 1.87. The van der Waals surface area contributed by atoms with Crippen LogP contribution in [0.3, 0.4) is 0 Å². The fourth-order valence-corrected chi connectivity index (χ4v) is 4.39. The average molecular weight is 366 g/mol. The molecule has 0 spiro atoms. The first-order valence-electron chi connectivity index (χ1n) is 9.41. The van der Waals surface area contributed by atoms with Crippen LogP contribution in [0.25, 0.3) is 11.3 Å². The van der Waals surface area contributed by atoms with E-state index in [9.17, 15) is 4.79 Å². The fraction of sp³-hybridized carbons (Fsp3) is 0.429. The van der Waals surface area contributed by atoms with Crippen molar-refractivity contribution in [3.05, 3.63) is 53.0 Å². The first kappa shape index (κ1) is 16.6. The Morgan fingerprint density at radius 1 is 1.33 bits per heavy atom. The van der Waals surface area contributed by atoms with Crippen molar-refractivity contribution in [2.45, 2.75) is 31.4 Å². The lowest BCUT2D eigenvalue weighted by molar-refractivity contribution is -0.0369. The van der Waals surface area contributed by atoms with E-state index in [1.54, 1.807) is 10.6 Å². The van der Waals surface area contributed by atoms with Crippen LogP contribution in [0, 0.1) is 5.92 Å². The SMILES string of the molecule is C=CCOc1ccc2c(c1)CCn1c-2cc(OCC23CC(CO2)C3)nc1=O. The fourth-order valence-electron chi connectivity index (χ4n) is 4.39. The molecule has 6 nitrogen and oxygen atoms in total. The zero-order valence-electron chi connectivity index (χ0n) is 15.1. The van der Waals surface area contributed by atoms with Crippen LogP contribution >= 0.6 is 0 Å². The number of nitrogens with zero attached hydrogens (tertiary/aromatic N) is 2. The number of fused-ring (bicyclic) bond motifs is 4. The third-order valence-electron chi connectivity index (χ3n) is 5.74. The van der Waals surface area contributed by atoms with E-state index in [0.29, 0.717) is 31.6 Å². The Kier molecular flexibility index (Phi) is 3.82. The zero-order chi connectivity index (χ0) is 18.4. The number of aromatic nitrogens is 2. The quantitative estimate of drug-likeness (QED) is 0.736. The second-order valence-corrected chi connectivity index (χ2v) is 7.64. The van der Waals surface area contributed by atoms with E-state index < -0.39 is 0 Å². The predicted octanol–water partition coefficient (Wildman–Crippen LogP) is 2.59. The first-order valence-corrected chi connectivity index (χ1v) is 9.41. The molecule has 0 amide bonds. The second-order valence-electron chi connectivity index (χ2n) is 7.64. The van der Waals surface area contributed by atoms with Gasteiger partial charge in [-0.2, -0.15) is 4.98 Å². The molecule has 2 saturated heterocycles. The van der Waals surface area contributed by atoms with Crippen LogP contribution in [0.4, 0.5) is 0 Å². The minimum Gasteiger partial charge on any atom is -0.490 e. The van der Waals surface area contributed by atoms with E-state index in [-0.39, 0.29) is 11.3 Å². The largest absolute Gasteiger partial charge is 0.490 e. The van der Waals surface area contributed by atoms with E-state index >= 15 is 0 Å². The minimum atomic E-state index is -0.267. The highest BCUT2D eigenvalue weighted by molar-refractivity contribution is 5.67. The van der Waals surface area contributed by atoms with Crippen molar-refractivity contribution in [2.24, 2.45) is 5.92 Å². The van der Waals surface area contributed by atoms with Crippen molar-refractivity contribution in [1.29, 1.82) is 0 Å². The van der Waals surface area contributed by atoms with Crippen LogP contribution in [-0.4, -0.2) is 35.0 Å². The lowest BCUT2D eigenvalue weighted by Gasteiger charge is -2.35. The maximum Gasteiger partial charge on any atom is 0.351 e. The van der Waals surface area contributed by atoms with Gasteiger partial charge in [0.2, 0.25) is 5.88 Å². The molecule has 2 aromatic rings. The summed E-state index contributed by atoms with van der Waals surface area (Å²) in [5, 5.41) is 0. The summed E-state index contributed by atoms with van der Waals surface area (Å²) in [4.78, 5) is 16.6. The van der Waals surface area contributed by atoms with Gasteiger partial charge >= 0.3 is 5.69 Å². The van der Waals surface area contributed by atoms with Gasteiger partial charge in [-0.05, 0) is 48.9 Å². The number of aryl methyl sites for hydroxylation is 1. The van der Waals surface area contributed by atoms with Crippen LogP contribution in [0.5, 0.6) is 11.6 Å². The van der Waals surface area contributed by atoms with Crippen molar-refractivity contribution < 1.29 is 14.2 Å². The number of benzene rings is 1. The molecule has 6 heteroatoms. The summed E-state index contributed by atoms with van der Waals surface area (Å²) in [7, 11) is 0. The highest BCUT2D eigenvalue weighted by atomic mass is 16.6. The van der Waals surface area contributed by atoms with Crippen LogP contribution in [0.15, 0.2) is 41.7 Å². The summed E-state index contributed by atoms with van der Waals surface area (Å²) in [6.07, 6.45) is 4.59. The van der Waals surface area contributed by atoms with Gasteiger partial charge in [0.05, 0.1) is 12.3 Å². The second kappa shape index (κ2) is 6.23. The lowest BCUT2D eigenvalue weighted by atomic mass is 9.75. The Morgan fingerprint density at radius 3 is 3.00 bits per heavy atom. The summed E-state index contributed by atoms with van der Waals surface area (Å²) >= 11 is 0. The Hall–Kier alpha value is -2.60. The van der Waals surface area contributed by atoms with E-state index in [1.165, 1.54) is 0 Å². The summed E-state index contributed by atoms with van der Waals surface area (Å²) in [5.41, 5.74) is 2.60. The molecule has 1 aromatic heterocycles. The van der Waals surface area contributed by atoms with Crippen LogP contribution in [0.2, 0.25) is 0 Å². The smallest absolute Gasteiger partial charge is 0.351 e. The molecule has 4 heterocycles. The third kappa shape index (κ3) is 2.84. The minimum absolute atomic E-state index is 0.159. The molecule has 4 aliphatic rings. The van der Waals surface area contributed by atoms with Crippen molar-refractivity contribution in [1.82, 2.24) is 9.55 Å². The van der Waals surface area contributed by atoms with Gasteiger partial charge in [0.1, 0.15) is 24.6 Å². The number of ether oxygens (including phenoxy) is 3. The normalized spacial score (nSPS) is 24.5. The zero-order valence-corrected chi connectivity index (χ0v) is 15.1. The van der Waals surface area contributed by atoms with Crippen molar-refractivity contribution in [3.8, 4) is 22.9 Å². The molecule has 140 valence electrons. The molecule has 6 rings (SSSR count). The van der Waals surface area contributed by atoms with Gasteiger partial charge in [0.25, 0.3) is 0 Å². The van der Waals surface area contributed by atoms with Crippen molar-refractivity contribution in [2.75, 3.05) is 19.8 Å². The molecule has 0 atom stereocenters. The molecule has 0 unspecified atom stereocenters. The number of hydrogen-bond acceptors (Lipinski definition) is 5. The Morgan fingerprint density at radius 2 is 2.22 bits per heavy atom. The van der Waals surface area contributed by atoms with Crippen LogP contribution in [-0.2, 0) is 17.7 Å². The highest BCUT2D eigenvalue weighted by Gasteiger charge is 2.52. The Balaban J connectivity index is 1.43. The average Bonchev–Trinajstić information content (AvgIpc) is 3.25. The van der Waals surface area contributed by atoms with Gasteiger partial charge in [-0.3, -0.25) is 4.57 Å². The third-order valence-corrected chi connectivity index (χ3v) is 5.74. The molecule has 1 aliphatic carbocycles. The topological polar surface area (TPSA) is 62.6 Å². The summed E-state index contributed by atoms with van der Waals surface area (Å²) in [6, 6.07) is 7.82. The molecule has 3 aliphatic heterocycles. The maximum absolute atomic E-state index is 12.5. The van der Waals surface area contributed by atoms with Gasteiger partial charge in [0.15, 0.2) is 0 Å². The Labute approximate surface area is 157 Å². The van der Waals surface area contributed by atoms with Gasteiger partial charge in [-0.1, -0.05) is 12.7 Å². The van der Waals surface area contributed by atoms with Crippen molar-refractivity contribution in [3.63, 3.8) is 0 Å². The van der Waals surface area contributed by atoms with E-state index in [2.05, 4.69) is 11.6 Å². The van der Waals surface area contributed by atoms with E-state index in [4.69, 9.17) is 14.2 Å².